The Morgan fingerprint density at radius 1 is 1.35 bits per heavy atom. The molecule has 1 aliphatic carbocycles. The van der Waals surface area contributed by atoms with E-state index in [1.165, 1.54) is 6.08 Å². The van der Waals surface area contributed by atoms with Gasteiger partial charge in [-0.05, 0) is 33.3 Å². The van der Waals surface area contributed by atoms with Crippen molar-refractivity contribution in [2.45, 2.75) is 51.9 Å². The summed E-state index contributed by atoms with van der Waals surface area (Å²) in [6.07, 6.45) is 3.79. The van der Waals surface area contributed by atoms with Gasteiger partial charge in [-0.1, -0.05) is 29.9 Å². The minimum atomic E-state index is -0.696. The summed E-state index contributed by atoms with van der Waals surface area (Å²) < 4.78 is 11.0. The molecule has 142 valence electrons. The highest BCUT2D eigenvalue weighted by Gasteiger charge is 2.44. The second-order valence-electron chi connectivity index (χ2n) is 6.84. The number of fused-ring (bicyclic) bond motifs is 1. The number of esters is 2. The highest BCUT2D eigenvalue weighted by molar-refractivity contribution is 5.92. The van der Waals surface area contributed by atoms with Gasteiger partial charge < -0.3 is 19.7 Å². The van der Waals surface area contributed by atoms with Crippen molar-refractivity contribution in [3.63, 3.8) is 0 Å². The van der Waals surface area contributed by atoms with Gasteiger partial charge in [-0.2, -0.15) is 0 Å². The molecular weight excluding hydrogens is 336 g/mol. The van der Waals surface area contributed by atoms with Gasteiger partial charge in [-0.3, -0.25) is 0 Å². The van der Waals surface area contributed by atoms with Crippen LogP contribution in [0.5, 0.6) is 0 Å². The largest absolute Gasteiger partial charge is 0.458 e. The Balaban J connectivity index is 2.41. The molecule has 0 unspecified atom stereocenters. The lowest BCUT2D eigenvalue weighted by Crippen LogP contribution is -2.34. The van der Waals surface area contributed by atoms with Gasteiger partial charge in [0.1, 0.15) is 12.2 Å². The van der Waals surface area contributed by atoms with E-state index in [0.717, 1.165) is 11.1 Å². The van der Waals surface area contributed by atoms with Crippen LogP contribution in [0.1, 0.15) is 33.6 Å². The van der Waals surface area contributed by atoms with Crippen LogP contribution in [-0.4, -0.2) is 47.1 Å². The van der Waals surface area contributed by atoms with Crippen LogP contribution in [0, 0.1) is 5.92 Å². The Kier molecular flexibility index (Phi) is 6.56. The SMILES string of the molecule is C=C1C(=O)O[C@@H]2/C=C(\C)C[C@H](O)/C=C(\C)C[C@@H](OC(=O)/C(=C\C)CO)[C@H]12. The number of carbonyl (C=O) groups excluding carboxylic acids is 2. The molecule has 6 heteroatoms. The van der Waals surface area contributed by atoms with Crippen LogP contribution >= 0.6 is 0 Å². The van der Waals surface area contributed by atoms with Crippen LogP contribution in [0.3, 0.4) is 0 Å². The smallest absolute Gasteiger partial charge is 0.336 e. The zero-order chi connectivity index (χ0) is 19.4. The van der Waals surface area contributed by atoms with E-state index in [0.29, 0.717) is 12.8 Å². The average molecular weight is 362 g/mol. The molecule has 2 N–H and O–H groups in total. The molecule has 2 aliphatic rings. The zero-order valence-corrected chi connectivity index (χ0v) is 15.4. The molecule has 1 fully saturated rings. The maximum atomic E-state index is 12.3. The second kappa shape index (κ2) is 8.47. The standard InChI is InChI=1S/C20H26O6/c1-5-14(10-21)20(24)26-17-9-12(3)7-15(22)6-11(2)8-16-18(17)13(4)19(23)25-16/h5,7-8,15-18,21-22H,4,6,9-10H2,1-3H3/b11-8+,12-7+,14-5-/t15-,16+,17+,18+/m0/s1. The Bertz CT molecular complexity index is 684. The van der Waals surface area contributed by atoms with Crippen molar-refractivity contribution >= 4 is 11.9 Å². The Labute approximate surface area is 153 Å². The Morgan fingerprint density at radius 3 is 2.62 bits per heavy atom. The first kappa shape index (κ1) is 20.1. The van der Waals surface area contributed by atoms with Gasteiger partial charge in [0.05, 0.1) is 24.2 Å². The molecule has 0 aromatic heterocycles. The van der Waals surface area contributed by atoms with Crippen molar-refractivity contribution in [1.82, 2.24) is 0 Å². The summed E-state index contributed by atoms with van der Waals surface area (Å²) in [6.45, 7) is 8.72. The van der Waals surface area contributed by atoms with Gasteiger partial charge in [-0.25, -0.2) is 9.59 Å². The molecule has 0 aromatic carbocycles. The van der Waals surface area contributed by atoms with Gasteiger partial charge >= 0.3 is 11.9 Å². The molecule has 6 nitrogen and oxygen atoms in total. The van der Waals surface area contributed by atoms with Gasteiger partial charge in [-0.15, -0.1) is 0 Å². The third kappa shape index (κ3) is 4.51. The molecule has 0 aromatic rings. The van der Waals surface area contributed by atoms with E-state index in [4.69, 9.17) is 9.47 Å². The van der Waals surface area contributed by atoms with E-state index in [2.05, 4.69) is 6.58 Å². The second-order valence-corrected chi connectivity index (χ2v) is 6.84. The van der Waals surface area contributed by atoms with E-state index < -0.39 is 42.8 Å². The number of carbonyl (C=O) groups is 2. The summed E-state index contributed by atoms with van der Waals surface area (Å²) in [5.74, 6) is -1.67. The number of hydrogen-bond acceptors (Lipinski definition) is 6. The van der Waals surface area contributed by atoms with Crippen LogP contribution in [-0.2, 0) is 19.1 Å². The van der Waals surface area contributed by atoms with Crippen LogP contribution in [0.15, 0.2) is 47.1 Å². The van der Waals surface area contributed by atoms with Crippen molar-refractivity contribution in [2.24, 2.45) is 5.92 Å². The van der Waals surface area contributed by atoms with Crippen molar-refractivity contribution in [1.29, 1.82) is 0 Å². The fraction of sp³-hybridized carbons (Fsp3) is 0.500. The molecule has 2 rings (SSSR count). The third-order valence-corrected chi connectivity index (χ3v) is 4.68. The highest BCUT2D eigenvalue weighted by atomic mass is 16.6. The maximum absolute atomic E-state index is 12.3. The lowest BCUT2D eigenvalue weighted by atomic mass is 9.85. The fourth-order valence-corrected chi connectivity index (χ4v) is 3.36. The van der Waals surface area contributed by atoms with Crippen molar-refractivity contribution in [3.05, 3.63) is 47.1 Å². The summed E-state index contributed by atoms with van der Waals surface area (Å²) in [5, 5.41) is 19.4. The summed E-state index contributed by atoms with van der Waals surface area (Å²) in [4.78, 5) is 24.4. The van der Waals surface area contributed by atoms with Gasteiger partial charge in [0.15, 0.2) is 0 Å². The lowest BCUT2D eigenvalue weighted by Gasteiger charge is -2.28. The average Bonchev–Trinajstić information content (AvgIpc) is 2.81. The van der Waals surface area contributed by atoms with Crippen LogP contribution in [0.2, 0.25) is 0 Å². The molecule has 0 radical (unpaired) electrons. The first-order valence-electron chi connectivity index (χ1n) is 8.66. The lowest BCUT2D eigenvalue weighted by molar-refractivity contribution is -0.147. The number of rotatable bonds is 3. The van der Waals surface area contributed by atoms with Crippen LogP contribution in [0.4, 0.5) is 0 Å². The van der Waals surface area contributed by atoms with Gasteiger partial charge in [0.25, 0.3) is 0 Å². The van der Waals surface area contributed by atoms with Crippen molar-refractivity contribution in [3.8, 4) is 0 Å². The Hall–Kier alpha value is -2.18. The topological polar surface area (TPSA) is 93.1 Å². The molecule has 1 aliphatic heterocycles. The number of aliphatic hydroxyl groups is 2. The molecule has 0 amide bonds. The molecule has 1 heterocycles. The Morgan fingerprint density at radius 2 is 2.00 bits per heavy atom. The number of allylic oxidation sites excluding steroid dienone is 1. The first-order valence-corrected chi connectivity index (χ1v) is 8.66. The fourth-order valence-electron chi connectivity index (χ4n) is 3.36. The first-order chi connectivity index (χ1) is 12.3. The minimum absolute atomic E-state index is 0.142. The van der Waals surface area contributed by atoms with E-state index in [1.54, 1.807) is 19.1 Å². The minimum Gasteiger partial charge on any atom is -0.458 e. The zero-order valence-electron chi connectivity index (χ0n) is 15.4. The number of aliphatic hydroxyl groups excluding tert-OH is 2. The highest BCUT2D eigenvalue weighted by Crippen LogP contribution is 2.36. The molecule has 4 atom stereocenters. The van der Waals surface area contributed by atoms with E-state index in [-0.39, 0.29) is 11.1 Å². The van der Waals surface area contributed by atoms with Crippen LogP contribution in [0.25, 0.3) is 0 Å². The molecule has 0 saturated carbocycles. The monoisotopic (exact) mass is 362 g/mol. The molecule has 0 bridgehead atoms. The van der Waals surface area contributed by atoms with E-state index in [9.17, 15) is 19.8 Å². The molecular formula is C20H26O6. The van der Waals surface area contributed by atoms with Crippen molar-refractivity contribution < 1.29 is 29.3 Å². The van der Waals surface area contributed by atoms with E-state index in [1.807, 2.05) is 13.8 Å². The maximum Gasteiger partial charge on any atom is 0.336 e. The van der Waals surface area contributed by atoms with E-state index >= 15 is 0 Å². The molecule has 26 heavy (non-hydrogen) atoms. The van der Waals surface area contributed by atoms with Gasteiger partial charge in [0, 0.05) is 12.0 Å². The van der Waals surface area contributed by atoms with Crippen LogP contribution < -0.4 is 0 Å². The van der Waals surface area contributed by atoms with Gasteiger partial charge in [0.2, 0.25) is 0 Å². The number of hydrogen-bond donors (Lipinski definition) is 2. The molecule has 0 spiro atoms. The molecule has 1 saturated heterocycles. The normalized spacial score (nSPS) is 34.1. The summed E-state index contributed by atoms with van der Waals surface area (Å²) in [7, 11) is 0. The summed E-state index contributed by atoms with van der Waals surface area (Å²) in [5.41, 5.74) is 2.11. The summed E-state index contributed by atoms with van der Waals surface area (Å²) >= 11 is 0. The predicted octanol–water partition coefficient (Wildman–Crippen LogP) is 1.98. The summed E-state index contributed by atoms with van der Waals surface area (Å²) in [6, 6.07) is 0. The van der Waals surface area contributed by atoms with Crippen molar-refractivity contribution in [2.75, 3.05) is 6.61 Å². The predicted molar refractivity (Wildman–Crippen MR) is 96.0 cm³/mol. The third-order valence-electron chi connectivity index (χ3n) is 4.68. The number of ether oxygens (including phenoxy) is 2. The quantitative estimate of drug-likeness (QED) is 0.453.